The minimum atomic E-state index is -0.244. The van der Waals surface area contributed by atoms with Crippen molar-refractivity contribution in [1.82, 2.24) is 9.88 Å². The maximum Gasteiger partial charge on any atom is 0.255 e. The maximum atomic E-state index is 13.2. The van der Waals surface area contributed by atoms with E-state index in [1.165, 1.54) is 12.1 Å². The smallest absolute Gasteiger partial charge is 0.255 e. The monoisotopic (exact) mass is 400 g/mol. The van der Waals surface area contributed by atoms with Gasteiger partial charge in [0.25, 0.3) is 5.91 Å². The van der Waals surface area contributed by atoms with Crippen LogP contribution < -0.4 is 4.74 Å². The van der Waals surface area contributed by atoms with Crippen LogP contribution in [0.2, 0.25) is 0 Å². The zero-order valence-electron chi connectivity index (χ0n) is 16.5. The van der Waals surface area contributed by atoms with E-state index in [4.69, 9.17) is 14.2 Å². The lowest BCUT2D eigenvalue weighted by Gasteiger charge is -2.47. The third-order valence-corrected chi connectivity index (χ3v) is 5.55. The molecule has 7 heteroatoms. The number of aromatic nitrogens is 1. The normalized spacial score (nSPS) is 19.9. The summed E-state index contributed by atoms with van der Waals surface area (Å²) in [5.41, 5.74) is 1.18. The van der Waals surface area contributed by atoms with Crippen LogP contribution in [0.15, 0.2) is 42.6 Å². The number of methoxy groups -OCH3 is 1. The van der Waals surface area contributed by atoms with Crippen molar-refractivity contribution in [3.05, 3.63) is 59.5 Å². The van der Waals surface area contributed by atoms with Crippen molar-refractivity contribution < 1.29 is 23.4 Å². The molecule has 1 aromatic heterocycles. The van der Waals surface area contributed by atoms with Crippen LogP contribution in [0.1, 0.15) is 28.8 Å². The Bertz CT molecular complexity index is 852. The summed E-state index contributed by atoms with van der Waals surface area (Å²) in [7, 11) is 1.55. The number of hydrogen-bond acceptors (Lipinski definition) is 5. The lowest BCUT2D eigenvalue weighted by atomic mass is 9.85. The third kappa shape index (κ3) is 4.57. The summed E-state index contributed by atoms with van der Waals surface area (Å²) in [6.07, 6.45) is 3.37. The van der Waals surface area contributed by atoms with Gasteiger partial charge < -0.3 is 19.1 Å². The number of pyridine rings is 1. The van der Waals surface area contributed by atoms with E-state index in [2.05, 4.69) is 4.98 Å². The van der Waals surface area contributed by atoms with Crippen LogP contribution in [-0.2, 0) is 16.1 Å². The molecule has 0 bridgehead atoms. The molecule has 1 amide bonds. The molecule has 29 heavy (non-hydrogen) atoms. The SMILES string of the molecule is COc1ccc(C(=O)N2CC3(CC(CCOCc4cccc(F)c4)CO3)C2)cn1. The van der Waals surface area contributed by atoms with Crippen molar-refractivity contribution in [1.29, 1.82) is 0 Å². The van der Waals surface area contributed by atoms with Crippen molar-refractivity contribution >= 4 is 5.91 Å². The Hall–Kier alpha value is -2.51. The molecule has 2 aromatic rings. The summed E-state index contributed by atoms with van der Waals surface area (Å²) in [5.74, 6) is 0.633. The molecule has 3 heterocycles. The minimum Gasteiger partial charge on any atom is -0.481 e. The first-order valence-electron chi connectivity index (χ1n) is 9.82. The Morgan fingerprint density at radius 2 is 2.21 bits per heavy atom. The van der Waals surface area contributed by atoms with Crippen LogP contribution in [0, 0.1) is 11.7 Å². The predicted molar refractivity (Wildman–Crippen MR) is 104 cm³/mol. The topological polar surface area (TPSA) is 60.9 Å². The summed E-state index contributed by atoms with van der Waals surface area (Å²) in [5, 5.41) is 0. The fourth-order valence-electron chi connectivity index (χ4n) is 4.01. The Kier molecular flexibility index (Phi) is 5.78. The molecule has 2 aliphatic heterocycles. The summed E-state index contributed by atoms with van der Waals surface area (Å²) in [6, 6.07) is 9.88. The zero-order chi connectivity index (χ0) is 20.3. The van der Waals surface area contributed by atoms with Gasteiger partial charge in [-0.1, -0.05) is 12.1 Å². The molecule has 0 radical (unpaired) electrons. The first-order valence-corrected chi connectivity index (χ1v) is 9.82. The van der Waals surface area contributed by atoms with Crippen LogP contribution >= 0.6 is 0 Å². The van der Waals surface area contributed by atoms with E-state index in [9.17, 15) is 9.18 Å². The second-order valence-corrected chi connectivity index (χ2v) is 7.79. The molecule has 2 aliphatic rings. The van der Waals surface area contributed by atoms with Crippen LogP contribution in [0.25, 0.3) is 0 Å². The fourth-order valence-corrected chi connectivity index (χ4v) is 4.01. The number of nitrogens with zero attached hydrogens (tertiary/aromatic N) is 2. The van der Waals surface area contributed by atoms with Crippen molar-refractivity contribution in [2.75, 3.05) is 33.4 Å². The molecule has 2 saturated heterocycles. The van der Waals surface area contributed by atoms with Gasteiger partial charge in [-0.2, -0.15) is 0 Å². The van der Waals surface area contributed by atoms with E-state index in [0.29, 0.717) is 50.3 Å². The number of amides is 1. The molecule has 1 atom stereocenters. The molecule has 1 unspecified atom stereocenters. The van der Waals surface area contributed by atoms with Crippen LogP contribution in [-0.4, -0.2) is 54.8 Å². The molecule has 0 saturated carbocycles. The van der Waals surface area contributed by atoms with Crippen molar-refractivity contribution in [3.63, 3.8) is 0 Å². The average Bonchev–Trinajstić information content (AvgIpc) is 3.14. The highest BCUT2D eigenvalue weighted by atomic mass is 19.1. The molecule has 0 N–H and O–H groups in total. The van der Waals surface area contributed by atoms with E-state index >= 15 is 0 Å². The van der Waals surface area contributed by atoms with Gasteiger partial charge in [-0.3, -0.25) is 4.79 Å². The van der Waals surface area contributed by atoms with Crippen LogP contribution in [0.5, 0.6) is 5.88 Å². The molecule has 2 fully saturated rings. The summed E-state index contributed by atoms with van der Waals surface area (Å²) in [6.45, 7) is 2.93. The van der Waals surface area contributed by atoms with E-state index < -0.39 is 0 Å². The lowest BCUT2D eigenvalue weighted by Crippen LogP contribution is -2.63. The highest BCUT2D eigenvalue weighted by Gasteiger charge is 2.51. The van der Waals surface area contributed by atoms with Gasteiger partial charge in [0.1, 0.15) is 11.4 Å². The second kappa shape index (κ2) is 8.47. The van der Waals surface area contributed by atoms with Gasteiger partial charge in [0.2, 0.25) is 5.88 Å². The van der Waals surface area contributed by atoms with E-state index in [1.54, 1.807) is 36.4 Å². The molecular weight excluding hydrogens is 375 g/mol. The predicted octanol–water partition coefficient (Wildman–Crippen LogP) is 3.07. The van der Waals surface area contributed by atoms with Gasteiger partial charge in [0, 0.05) is 18.9 Å². The van der Waals surface area contributed by atoms with Crippen molar-refractivity contribution in [2.24, 2.45) is 5.92 Å². The highest BCUT2D eigenvalue weighted by molar-refractivity contribution is 5.94. The van der Waals surface area contributed by atoms with E-state index in [-0.39, 0.29) is 17.3 Å². The van der Waals surface area contributed by atoms with Gasteiger partial charge in [0.05, 0.1) is 39.0 Å². The Morgan fingerprint density at radius 1 is 1.34 bits per heavy atom. The molecule has 0 aliphatic carbocycles. The molecule has 4 rings (SSSR count). The number of benzene rings is 1. The van der Waals surface area contributed by atoms with E-state index in [0.717, 1.165) is 18.4 Å². The first-order chi connectivity index (χ1) is 14.1. The molecule has 6 nitrogen and oxygen atoms in total. The van der Waals surface area contributed by atoms with Crippen LogP contribution in [0.4, 0.5) is 4.39 Å². The maximum absolute atomic E-state index is 13.2. The number of carbonyl (C=O) groups excluding carboxylic acids is 1. The number of hydrogen-bond donors (Lipinski definition) is 0. The fraction of sp³-hybridized carbons (Fsp3) is 0.455. The highest BCUT2D eigenvalue weighted by Crippen LogP contribution is 2.39. The summed E-state index contributed by atoms with van der Waals surface area (Å²) < 4.78 is 29.9. The van der Waals surface area contributed by atoms with Gasteiger partial charge in [-0.25, -0.2) is 9.37 Å². The first kappa shape index (κ1) is 19.8. The third-order valence-electron chi connectivity index (χ3n) is 5.55. The zero-order valence-corrected chi connectivity index (χ0v) is 16.5. The van der Waals surface area contributed by atoms with E-state index in [1.807, 2.05) is 6.07 Å². The largest absolute Gasteiger partial charge is 0.481 e. The average molecular weight is 400 g/mol. The quantitative estimate of drug-likeness (QED) is 0.669. The van der Waals surface area contributed by atoms with Gasteiger partial charge in [-0.05, 0) is 42.5 Å². The summed E-state index contributed by atoms with van der Waals surface area (Å²) in [4.78, 5) is 18.5. The van der Waals surface area contributed by atoms with Gasteiger partial charge in [-0.15, -0.1) is 0 Å². The molecular formula is C22H25FN2O4. The minimum absolute atomic E-state index is 0.0312. The Balaban J connectivity index is 1.19. The van der Waals surface area contributed by atoms with Crippen molar-refractivity contribution in [3.8, 4) is 5.88 Å². The number of rotatable bonds is 7. The lowest BCUT2D eigenvalue weighted by molar-refractivity contribution is -0.0950. The number of halogens is 1. The van der Waals surface area contributed by atoms with Gasteiger partial charge in [0.15, 0.2) is 0 Å². The number of ether oxygens (including phenoxy) is 3. The second-order valence-electron chi connectivity index (χ2n) is 7.79. The standard InChI is InChI=1S/C22H25FN2O4/c1-27-20-6-5-18(11-24-20)21(26)25-14-22(15-25)10-17(13-29-22)7-8-28-12-16-3-2-4-19(23)9-16/h2-6,9,11,17H,7-8,10,12-15H2,1H3. The molecule has 1 aromatic carbocycles. The Labute approximate surface area is 169 Å². The molecule has 1 spiro atoms. The Morgan fingerprint density at radius 3 is 2.93 bits per heavy atom. The van der Waals surface area contributed by atoms with Crippen LogP contribution in [0.3, 0.4) is 0 Å². The number of carbonyl (C=O) groups is 1. The summed E-state index contributed by atoms with van der Waals surface area (Å²) >= 11 is 0. The van der Waals surface area contributed by atoms with Crippen molar-refractivity contribution in [2.45, 2.75) is 25.0 Å². The molecule has 154 valence electrons. The van der Waals surface area contributed by atoms with Gasteiger partial charge >= 0.3 is 0 Å². The number of likely N-dealkylation sites (tertiary alicyclic amines) is 1.